The number of benzene rings is 1. The lowest BCUT2D eigenvalue weighted by Gasteiger charge is -2.03. The van der Waals surface area contributed by atoms with Crippen molar-refractivity contribution < 1.29 is 9.21 Å². The highest BCUT2D eigenvalue weighted by atomic mass is 79.9. The number of anilines is 1. The van der Waals surface area contributed by atoms with E-state index in [0.29, 0.717) is 21.9 Å². The van der Waals surface area contributed by atoms with Gasteiger partial charge in [-0.05, 0) is 52.3 Å². The number of hydrogen-bond acceptors (Lipinski definition) is 4. The van der Waals surface area contributed by atoms with E-state index in [-0.39, 0.29) is 5.91 Å². The van der Waals surface area contributed by atoms with E-state index in [2.05, 4.69) is 31.2 Å². The quantitative estimate of drug-likeness (QED) is 0.507. The second-order valence-electron chi connectivity index (χ2n) is 5.49. The summed E-state index contributed by atoms with van der Waals surface area (Å²) in [4.78, 5) is 20.7. The third-order valence-corrected chi connectivity index (χ3v) is 4.10. The van der Waals surface area contributed by atoms with Crippen LogP contribution < -0.4 is 5.32 Å². The summed E-state index contributed by atoms with van der Waals surface area (Å²) in [5.41, 5.74) is 2.47. The molecule has 128 valence electrons. The van der Waals surface area contributed by atoms with Crippen LogP contribution in [0.15, 0.2) is 76.2 Å². The SMILES string of the molecule is O=C(C=Cc1ccc(Br)o1)Nc1ccc(-c2cn3cccnc3n2)cc1. The summed E-state index contributed by atoms with van der Waals surface area (Å²) in [5, 5.41) is 2.81. The van der Waals surface area contributed by atoms with Crippen LogP contribution in [0, 0.1) is 0 Å². The van der Waals surface area contributed by atoms with Crippen molar-refractivity contribution in [3.63, 3.8) is 0 Å². The molecular formula is C19H13BrN4O2. The second-order valence-corrected chi connectivity index (χ2v) is 6.28. The molecule has 0 atom stereocenters. The summed E-state index contributed by atoms with van der Waals surface area (Å²) in [6.07, 6.45) is 8.56. The molecule has 1 N–H and O–H groups in total. The van der Waals surface area contributed by atoms with Crippen molar-refractivity contribution in [1.82, 2.24) is 14.4 Å². The van der Waals surface area contributed by atoms with Crippen molar-refractivity contribution in [2.75, 3.05) is 5.32 Å². The van der Waals surface area contributed by atoms with Crippen molar-refractivity contribution in [2.45, 2.75) is 0 Å². The summed E-state index contributed by atoms with van der Waals surface area (Å²) in [6.45, 7) is 0. The van der Waals surface area contributed by atoms with E-state index in [9.17, 15) is 4.79 Å². The number of amides is 1. The molecule has 0 aliphatic rings. The summed E-state index contributed by atoms with van der Waals surface area (Å²) in [5.74, 6) is 1.01. The molecule has 0 saturated heterocycles. The Morgan fingerprint density at radius 1 is 1.19 bits per heavy atom. The highest BCUT2D eigenvalue weighted by molar-refractivity contribution is 9.10. The van der Waals surface area contributed by atoms with E-state index >= 15 is 0 Å². The van der Waals surface area contributed by atoms with Crippen molar-refractivity contribution in [2.24, 2.45) is 0 Å². The smallest absolute Gasteiger partial charge is 0.248 e. The number of halogens is 1. The zero-order valence-corrected chi connectivity index (χ0v) is 15.1. The lowest BCUT2D eigenvalue weighted by molar-refractivity contribution is -0.111. The molecule has 0 unspecified atom stereocenters. The third-order valence-electron chi connectivity index (χ3n) is 3.68. The minimum atomic E-state index is -0.234. The number of aromatic nitrogens is 3. The van der Waals surface area contributed by atoms with Gasteiger partial charge in [0.25, 0.3) is 0 Å². The summed E-state index contributed by atoms with van der Waals surface area (Å²) in [7, 11) is 0. The fourth-order valence-electron chi connectivity index (χ4n) is 2.45. The van der Waals surface area contributed by atoms with Crippen molar-refractivity contribution >= 4 is 39.4 Å². The number of nitrogens with one attached hydrogen (secondary N) is 1. The Bertz CT molecular complexity index is 1060. The molecule has 0 bridgehead atoms. The monoisotopic (exact) mass is 408 g/mol. The van der Waals surface area contributed by atoms with Crippen molar-refractivity contribution in [3.8, 4) is 11.3 Å². The molecule has 0 aliphatic carbocycles. The molecule has 4 rings (SSSR count). The Balaban J connectivity index is 1.45. The molecule has 3 aromatic heterocycles. The topological polar surface area (TPSA) is 72.4 Å². The summed E-state index contributed by atoms with van der Waals surface area (Å²) in [6, 6.07) is 12.9. The lowest BCUT2D eigenvalue weighted by atomic mass is 10.1. The number of furan rings is 1. The van der Waals surface area contributed by atoms with Gasteiger partial charge in [0.2, 0.25) is 11.7 Å². The summed E-state index contributed by atoms with van der Waals surface area (Å²) < 4.78 is 7.79. The first-order valence-corrected chi connectivity index (χ1v) is 8.61. The minimum Gasteiger partial charge on any atom is -0.450 e. The molecule has 0 fully saturated rings. The van der Waals surface area contributed by atoms with Crippen molar-refractivity contribution in [1.29, 1.82) is 0 Å². The van der Waals surface area contributed by atoms with E-state index in [1.165, 1.54) is 6.08 Å². The molecule has 6 nitrogen and oxygen atoms in total. The average Bonchev–Trinajstić information content (AvgIpc) is 3.26. The van der Waals surface area contributed by atoms with Crippen LogP contribution in [-0.4, -0.2) is 20.3 Å². The molecular weight excluding hydrogens is 396 g/mol. The van der Waals surface area contributed by atoms with Gasteiger partial charge in [0.1, 0.15) is 5.76 Å². The van der Waals surface area contributed by atoms with Gasteiger partial charge in [-0.1, -0.05) is 12.1 Å². The number of nitrogens with zero attached hydrogens (tertiary/aromatic N) is 3. The fraction of sp³-hybridized carbons (Fsp3) is 0. The number of carbonyl (C=O) groups excluding carboxylic acids is 1. The normalized spacial score (nSPS) is 11.3. The Morgan fingerprint density at radius 3 is 2.77 bits per heavy atom. The predicted molar refractivity (Wildman–Crippen MR) is 102 cm³/mol. The first-order valence-electron chi connectivity index (χ1n) is 7.82. The second kappa shape index (κ2) is 6.97. The third kappa shape index (κ3) is 3.57. The Labute approximate surface area is 157 Å². The maximum Gasteiger partial charge on any atom is 0.248 e. The molecule has 0 radical (unpaired) electrons. The average molecular weight is 409 g/mol. The first-order chi connectivity index (χ1) is 12.7. The minimum absolute atomic E-state index is 0.234. The molecule has 4 aromatic rings. The standard InChI is InChI=1S/C19H13BrN4O2/c20-17-8-6-15(26-17)7-9-18(25)22-14-4-2-13(3-5-14)16-12-24-11-1-10-21-19(24)23-16/h1-12H,(H,22,25). The molecule has 3 heterocycles. The van der Waals surface area contributed by atoms with E-state index in [0.717, 1.165) is 11.3 Å². The predicted octanol–water partition coefficient (Wildman–Crippen LogP) is 4.40. The van der Waals surface area contributed by atoms with Gasteiger partial charge in [0.05, 0.1) is 5.69 Å². The van der Waals surface area contributed by atoms with Crippen LogP contribution in [0.25, 0.3) is 23.1 Å². The highest BCUT2D eigenvalue weighted by Crippen LogP contribution is 2.21. The summed E-state index contributed by atoms with van der Waals surface area (Å²) >= 11 is 3.22. The molecule has 0 saturated carbocycles. The lowest BCUT2D eigenvalue weighted by Crippen LogP contribution is -2.07. The zero-order valence-electron chi connectivity index (χ0n) is 13.5. The van der Waals surface area contributed by atoms with Crippen LogP contribution in [0.3, 0.4) is 0 Å². The largest absolute Gasteiger partial charge is 0.450 e. The molecule has 1 amide bonds. The van der Waals surface area contributed by atoms with Crippen LogP contribution in [-0.2, 0) is 4.79 Å². The van der Waals surface area contributed by atoms with Crippen LogP contribution in [0.4, 0.5) is 5.69 Å². The van der Waals surface area contributed by atoms with Gasteiger partial charge in [-0.15, -0.1) is 0 Å². The van der Waals surface area contributed by atoms with Gasteiger partial charge in [-0.25, -0.2) is 9.97 Å². The van der Waals surface area contributed by atoms with Gasteiger partial charge >= 0.3 is 0 Å². The number of rotatable bonds is 4. The van der Waals surface area contributed by atoms with Crippen LogP contribution in [0.1, 0.15) is 5.76 Å². The van der Waals surface area contributed by atoms with Crippen LogP contribution in [0.2, 0.25) is 0 Å². The van der Waals surface area contributed by atoms with Gasteiger partial charge < -0.3 is 9.73 Å². The number of carbonyl (C=O) groups is 1. The Kier molecular flexibility index (Phi) is 4.37. The van der Waals surface area contributed by atoms with E-state index < -0.39 is 0 Å². The van der Waals surface area contributed by atoms with Crippen LogP contribution >= 0.6 is 15.9 Å². The molecule has 1 aromatic carbocycles. The molecule has 0 spiro atoms. The van der Waals surface area contributed by atoms with Crippen LogP contribution in [0.5, 0.6) is 0 Å². The van der Waals surface area contributed by atoms with E-state index in [1.807, 2.05) is 47.1 Å². The van der Waals surface area contributed by atoms with Gasteiger partial charge in [0, 0.05) is 35.9 Å². The van der Waals surface area contributed by atoms with E-state index in [1.54, 1.807) is 24.4 Å². The zero-order chi connectivity index (χ0) is 17.9. The molecule has 0 aliphatic heterocycles. The molecule has 26 heavy (non-hydrogen) atoms. The molecule has 7 heteroatoms. The van der Waals surface area contributed by atoms with E-state index in [4.69, 9.17) is 4.42 Å². The number of hydrogen-bond donors (Lipinski definition) is 1. The maximum absolute atomic E-state index is 12.0. The van der Waals surface area contributed by atoms with Gasteiger partial charge in [-0.3, -0.25) is 9.20 Å². The maximum atomic E-state index is 12.0. The Morgan fingerprint density at radius 2 is 2.04 bits per heavy atom. The van der Waals surface area contributed by atoms with Gasteiger partial charge in [-0.2, -0.15) is 0 Å². The Hall–Kier alpha value is -3.19. The number of imidazole rings is 1. The van der Waals surface area contributed by atoms with Crippen molar-refractivity contribution in [3.05, 3.63) is 77.6 Å². The first kappa shape index (κ1) is 16.3. The highest BCUT2D eigenvalue weighted by Gasteiger charge is 2.05. The van der Waals surface area contributed by atoms with Gasteiger partial charge in [0.15, 0.2) is 4.67 Å². The number of fused-ring (bicyclic) bond motifs is 1. The fourth-order valence-corrected chi connectivity index (χ4v) is 2.77.